The first-order valence-electron chi connectivity index (χ1n) is 5.72. The van der Waals surface area contributed by atoms with Crippen LogP contribution in [0.3, 0.4) is 0 Å². The summed E-state index contributed by atoms with van der Waals surface area (Å²) < 4.78 is 13.4. The number of halogens is 1. The fourth-order valence-electron chi connectivity index (χ4n) is 2.47. The number of hydrogen-bond donors (Lipinski definition) is 1. The van der Waals surface area contributed by atoms with Gasteiger partial charge in [0.05, 0.1) is 0 Å². The lowest BCUT2D eigenvalue weighted by Crippen LogP contribution is -2.07. The molecule has 86 valence electrons. The number of allylic oxidation sites excluding steroid dienone is 1. The Hall–Kier alpha value is -1.31. The zero-order chi connectivity index (χ0) is 11.9. The molecule has 1 N–H and O–H groups in total. The minimum atomic E-state index is -0.0969. The lowest BCUT2D eigenvalue weighted by molar-refractivity contribution is 0.472. The van der Waals surface area contributed by atoms with Crippen LogP contribution < -0.4 is 0 Å². The van der Waals surface area contributed by atoms with Gasteiger partial charge >= 0.3 is 0 Å². The van der Waals surface area contributed by atoms with Gasteiger partial charge in [-0.2, -0.15) is 0 Å². The Bertz CT molecular complexity index is 446. The highest BCUT2D eigenvalue weighted by Gasteiger charge is 2.22. The Balaban J connectivity index is 2.66. The summed E-state index contributed by atoms with van der Waals surface area (Å²) in [7, 11) is 0. The molecule has 1 aromatic rings. The average molecular weight is 220 g/mol. The first-order chi connectivity index (χ1) is 7.49. The monoisotopic (exact) mass is 220 g/mol. The summed E-state index contributed by atoms with van der Waals surface area (Å²) in [5.41, 5.74) is 3.15. The van der Waals surface area contributed by atoms with Crippen molar-refractivity contribution in [3.05, 3.63) is 34.6 Å². The largest absolute Gasteiger partial charge is 0.508 e. The van der Waals surface area contributed by atoms with Crippen molar-refractivity contribution in [1.29, 1.82) is 0 Å². The minimum Gasteiger partial charge on any atom is -0.508 e. The number of hydrogen-bond acceptors (Lipinski definition) is 1. The summed E-state index contributed by atoms with van der Waals surface area (Å²) in [6, 6.07) is 3.45. The first-order valence-corrected chi connectivity index (χ1v) is 5.72. The topological polar surface area (TPSA) is 20.2 Å². The number of phenols is 1. The van der Waals surface area contributed by atoms with Gasteiger partial charge in [0.1, 0.15) is 11.6 Å². The molecule has 1 aromatic carbocycles. The summed E-state index contributed by atoms with van der Waals surface area (Å²) in [6.45, 7) is 6.22. The van der Waals surface area contributed by atoms with Gasteiger partial charge in [0.15, 0.2) is 0 Å². The van der Waals surface area contributed by atoms with Crippen LogP contribution in [0.5, 0.6) is 5.75 Å². The molecule has 0 spiro atoms. The molecule has 0 saturated heterocycles. The molecule has 0 fully saturated rings. The van der Waals surface area contributed by atoms with Crippen molar-refractivity contribution < 1.29 is 9.50 Å². The summed E-state index contributed by atoms with van der Waals surface area (Å²) in [6.07, 6.45) is 2.01. The fraction of sp³-hybridized carbons (Fsp3) is 0.429. The molecule has 0 heterocycles. The molecule has 0 saturated carbocycles. The summed E-state index contributed by atoms with van der Waals surface area (Å²) >= 11 is 0. The average Bonchev–Trinajstić information content (AvgIpc) is 2.14. The van der Waals surface area contributed by atoms with Gasteiger partial charge in [0.2, 0.25) is 0 Å². The molecule has 0 aromatic heterocycles. The third-order valence-corrected chi connectivity index (χ3v) is 3.16. The van der Waals surface area contributed by atoms with Crippen molar-refractivity contribution in [3.63, 3.8) is 0 Å². The number of aromatic hydroxyl groups is 1. The van der Waals surface area contributed by atoms with Gasteiger partial charge in [0, 0.05) is 6.42 Å². The van der Waals surface area contributed by atoms with E-state index in [-0.39, 0.29) is 17.5 Å². The van der Waals surface area contributed by atoms with Gasteiger partial charge in [-0.1, -0.05) is 20.8 Å². The van der Waals surface area contributed by atoms with Crippen LogP contribution in [0.25, 0.3) is 6.08 Å². The van der Waals surface area contributed by atoms with Crippen LogP contribution in [0.1, 0.15) is 55.7 Å². The first kappa shape index (κ1) is 11.2. The Morgan fingerprint density at radius 2 is 2.06 bits per heavy atom. The van der Waals surface area contributed by atoms with E-state index in [0.29, 0.717) is 12.3 Å². The highest BCUT2D eigenvalue weighted by Crippen LogP contribution is 2.40. The van der Waals surface area contributed by atoms with Crippen LogP contribution >= 0.6 is 0 Å². The van der Waals surface area contributed by atoms with E-state index < -0.39 is 0 Å². The fourth-order valence-corrected chi connectivity index (χ4v) is 2.47. The van der Waals surface area contributed by atoms with Gasteiger partial charge in [-0.25, -0.2) is 4.39 Å². The van der Waals surface area contributed by atoms with Crippen molar-refractivity contribution in [2.75, 3.05) is 0 Å². The molecule has 1 nitrogen and oxygen atoms in total. The maximum Gasteiger partial charge on any atom is 0.116 e. The predicted molar refractivity (Wildman–Crippen MR) is 64.3 cm³/mol. The van der Waals surface area contributed by atoms with Crippen molar-refractivity contribution >= 4 is 6.08 Å². The lowest BCUT2D eigenvalue weighted by Gasteiger charge is -2.24. The minimum absolute atomic E-state index is 0.0969. The van der Waals surface area contributed by atoms with E-state index in [9.17, 15) is 9.50 Å². The standard InChI is InChI=1S/C14H17FO/c1-8(2)13-7-12(16)6-10-5-11(15)4-9(3)14(10)13/h5-9,16H,4H2,1-3H3. The molecule has 16 heavy (non-hydrogen) atoms. The quantitative estimate of drug-likeness (QED) is 0.746. The van der Waals surface area contributed by atoms with Gasteiger partial charge < -0.3 is 5.11 Å². The van der Waals surface area contributed by atoms with Crippen molar-refractivity contribution in [2.24, 2.45) is 0 Å². The molecule has 0 amide bonds. The van der Waals surface area contributed by atoms with E-state index in [0.717, 1.165) is 11.1 Å². The summed E-state index contributed by atoms with van der Waals surface area (Å²) in [4.78, 5) is 0. The Kier molecular flexibility index (Phi) is 2.75. The molecule has 2 rings (SSSR count). The van der Waals surface area contributed by atoms with Gasteiger partial charge in [0.25, 0.3) is 0 Å². The van der Waals surface area contributed by atoms with Crippen LogP contribution in [-0.2, 0) is 0 Å². The van der Waals surface area contributed by atoms with E-state index in [2.05, 4.69) is 13.8 Å². The molecule has 2 heteroatoms. The molecule has 0 bridgehead atoms. The van der Waals surface area contributed by atoms with Crippen LogP contribution in [0.2, 0.25) is 0 Å². The maximum absolute atomic E-state index is 13.4. The second-order valence-corrected chi connectivity index (χ2v) is 4.89. The van der Waals surface area contributed by atoms with Gasteiger partial charge in [-0.15, -0.1) is 0 Å². The molecule has 0 aliphatic heterocycles. The number of rotatable bonds is 1. The molecular formula is C14H17FO. The van der Waals surface area contributed by atoms with E-state index in [1.54, 1.807) is 18.2 Å². The molecule has 1 atom stereocenters. The van der Waals surface area contributed by atoms with E-state index in [1.807, 2.05) is 6.92 Å². The van der Waals surface area contributed by atoms with Crippen LogP contribution in [-0.4, -0.2) is 5.11 Å². The van der Waals surface area contributed by atoms with Crippen LogP contribution in [0.4, 0.5) is 4.39 Å². The predicted octanol–water partition coefficient (Wildman–Crippen LogP) is 4.33. The third-order valence-electron chi connectivity index (χ3n) is 3.16. The van der Waals surface area contributed by atoms with E-state index in [1.165, 1.54) is 5.56 Å². The van der Waals surface area contributed by atoms with E-state index >= 15 is 0 Å². The van der Waals surface area contributed by atoms with Gasteiger partial charge in [-0.3, -0.25) is 0 Å². The summed E-state index contributed by atoms with van der Waals surface area (Å²) in [5.74, 6) is 0.664. The van der Waals surface area contributed by atoms with Crippen LogP contribution in [0.15, 0.2) is 18.0 Å². The zero-order valence-electron chi connectivity index (χ0n) is 9.92. The SMILES string of the molecule is CC(C)c1cc(O)cc2c1C(C)CC(F)=C2. The van der Waals surface area contributed by atoms with Crippen LogP contribution in [0, 0.1) is 0 Å². The number of benzene rings is 1. The van der Waals surface area contributed by atoms with Crippen molar-refractivity contribution in [2.45, 2.75) is 39.0 Å². The van der Waals surface area contributed by atoms with Gasteiger partial charge in [-0.05, 0) is 46.7 Å². The second kappa shape index (κ2) is 3.93. The summed E-state index contributed by atoms with van der Waals surface area (Å²) in [5, 5.41) is 9.64. The number of fused-ring (bicyclic) bond motifs is 1. The Morgan fingerprint density at radius 3 is 2.69 bits per heavy atom. The molecule has 1 aliphatic carbocycles. The Morgan fingerprint density at radius 1 is 1.38 bits per heavy atom. The second-order valence-electron chi connectivity index (χ2n) is 4.89. The molecular weight excluding hydrogens is 203 g/mol. The van der Waals surface area contributed by atoms with E-state index in [4.69, 9.17) is 0 Å². The molecule has 0 radical (unpaired) electrons. The maximum atomic E-state index is 13.4. The third kappa shape index (κ3) is 1.84. The highest BCUT2D eigenvalue weighted by molar-refractivity contribution is 5.64. The zero-order valence-corrected chi connectivity index (χ0v) is 9.92. The van der Waals surface area contributed by atoms with Crippen molar-refractivity contribution in [1.82, 2.24) is 0 Å². The lowest BCUT2D eigenvalue weighted by atomic mass is 9.81. The highest BCUT2D eigenvalue weighted by atomic mass is 19.1. The number of phenolic OH excluding ortho intramolecular Hbond substituents is 1. The molecule has 1 unspecified atom stereocenters. The smallest absolute Gasteiger partial charge is 0.116 e. The normalized spacial score (nSPS) is 19.6. The Labute approximate surface area is 95.6 Å². The van der Waals surface area contributed by atoms with Crippen molar-refractivity contribution in [3.8, 4) is 5.75 Å². The molecule has 1 aliphatic rings.